The minimum Gasteiger partial charge on any atom is -0.480 e. The lowest BCUT2D eigenvalue weighted by atomic mass is 10.0. The largest absolute Gasteiger partial charge is 0.480 e. The summed E-state index contributed by atoms with van der Waals surface area (Å²) in [5.74, 6) is -3.38. The normalized spacial score (nSPS) is 12.6. The zero-order chi connectivity index (χ0) is 30.2. The summed E-state index contributed by atoms with van der Waals surface area (Å²) in [4.78, 5) is 35.8. The van der Waals surface area contributed by atoms with Crippen LogP contribution in [0.15, 0.2) is 66.7 Å². The van der Waals surface area contributed by atoms with Gasteiger partial charge in [-0.15, -0.1) is 0 Å². The van der Waals surface area contributed by atoms with E-state index in [2.05, 4.69) is 66.8 Å². The van der Waals surface area contributed by atoms with Gasteiger partial charge in [-0.05, 0) is 72.4 Å². The average Bonchev–Trinajstić information content (AvgIpc) is 2.99. The smallest absolute Gasteiger partial charge is 0.336 e. The molecule has 0 heterocycles. The fourth-order valence-electron chi connectivity index (χ4n) is 4.85. The number of aryl methyl sites for hydroxylation is 3. The molecule has 3 aromatic carbocycles. The summed E-state index contributed by atoms with van der Waals surface area (Å²) < 4.78 is 10.7. The van der Waals surface area contributed by atoms with Crippen molar-refractivity contribution in [3.63, 3.8) is 0 Å². The molecular formula is C34H43NO7. The third-order valence-corrected chi connectivity index (χ3v) is 7.26. The summed E-state index contributed by atoms with van der Waals surface area (Å²) in [6, 6.07) is 23.3. The zero-order valence-electron chi connectivity index (χ0n) is 24.4. The molecule has 0 fully saturated rings. The molecule has 8 nitrogen and oxygen atoms in total. The minimum absolute atomic E-state index is 0.166. The van der Waals surface area contributed by atoms with E-state index in [-0.39, 0.29) is 6.61 Å². The Morgan fingerprint density at radius 3 is 2.05 bits per heavy atom. The Hall–Kier alpha value is -3.75. The molecule has 226 valence electrons. The maximum absolute atomic E-state index is 12.9. The van der Waals surface area contributed by atoms with Crippen LogP contribution in [0, 0.1) is 0 Å². The Balaban J connectivity index is 1.42. The van der Waals surface area contributed by atoms with Crippen LogP contribution in [0.4, 0.5) is 0 Å². The minimum atomic E-state index is -1.72. The first-order chi connectivity index (χ1) is 20.4. The standard InChI is InChI=1S/C34H43NO7/c1-2-25-15-17-26(18-16-25)11-6-4-10-22-41-31(32(34(39)40)42-24-30(36)37)33(38)35-21-9-3-5-12-27-19-20-28-13-7-8-14-29(28)23-27/h7-8,13-20,23,31-32H,2-6,9-12,21-22,24H2,1H3,(H,35,38)(H,36,37)(H,39,40). The Morgan fingerprint density at radius 2 is 1.36 bits per heavy atom. The van der Waals surface area contributed by atoms with E-state index in [0.29, 0.717) is 13.0 Å². The number of carbonyl (C=O) groups excluding carboxylic acids is 1. The first-order valence-corrected chi connectivity index (χ1v) is 14.9. The molecular weight excluding hydrogens is 534 g/mol. The SMILES string of the molecule is CCc1ccc(CCCCCOC(C(=O)NCCCCCc2ccc3ccccc3c2)C(OCC(=O)O)C(=O)O)cc1. The highest BCUT2D eigenvalue weighted by Crippen LogP contribution is 2.17. The third-order valence-electron chi connectivity index (χ3n) is 7.26. The van der Waals surface area contributed by atoms with Gasteiger partial charge in [0.2, 0.25) is 0 Å². The summed E-state index contributed by atoms with van der Waals surface area (Å²) >= 11 is 0. The number of amides is 1. The Labute approximate surface area is 248 Å². The van der Waals surface area contributed by atoms with Crippen LogP contribution in [-0.2, 0) is 43.1 Å². The second-order valence-electron chi connectivity index (χ2n) is 10.5. The van der Waals surface area contributed by atoms with Crippen LogP contribution >= 0.6 is 0 Å². The fraction of sp³-hybridized carbons (Fsp3) is 0.441. The number of unbranched alkanes of at least 4 members (excludes halogenated alkanes) is 4. The number of fused-ring (bicyclic) bond motifs is 1. The van der Waals surface area contributed by atoms with E-state index in [9.17, 15) is 19.5 Å². The van der Waals surface area contributed by atoms with Crippen molar-refractivity contribution in [1.29, 1.82) is 0 Å². The van der Waals surface area contributed by atoms with Crippen molar-refractivity contribution in [3.05, 3.63) is 83.4 Å². The summed E-state index contributed by atoms with van der Waals surface area (Å²) in [6.07, 6.45) is 4.67. The number of hydrogen-bond donors (Lipinski definition) is 3. The zero-order valence-corrected chi connectivity index (χ0v) is 24.4. The van der Waals surface area contributed by atoms with E-state index in [1.54, 1.807) is 0 Å². The van der Waals surface area contributed by atoms with Crippen LogP contribution in [0.25, 0.3) is 10.8 Å². The number of aliphatic carboxylic acids is 2. The van der Waals surface area contributed by atoms with E-state index < -0.39 is 36.7 Å². The van der Waals surface area contributed by atoms with Crippen LogP contribution in [0.2, 0.25) is 0 Å². The number of rotatable bonds is 20. The van der Waals surface area contributed by atoms with Gasteiger partial charge in [-0.25, -0.2) is 9.59 Å². The Kier molecular flexibility index (Phi) is 14.0. The van der Waals surface area contributed by atoms with Crippen molar-refractivity contribution < 1.29 is 34.1 Å². The van der Waals surface area contributed by atoms with Gasteiger partial charge < -0.3 is 25.0 Å². The summed E-state index contributed by atoms with van der Waals surface area (Å²) in [6.45, 7) is 1.81. The van der Waals surface area contributed by atoms with Crippen molar-refractivity contribution in [3.8, 4) is 0 Å². The molecule has 0 aromatic heterocycles. The van der Waals surface area contributed by atoms with E-state index in [4.69, 9.17) is 14.6 Å². The molecule has 2 unspecified atom stereocenters. The van der Waals surface area contributed by atoms with Gasteiger partial charge >= 0.3 is 11.9 Å². The van der Waals surface area contributed by atoms with Gasteiger partial charge in [-0.2, -0.15) is 0 Å². The number of carboxylic acid groups (broad SMARTS) is 2. The average molecular weight is 578 g/mol. The van der Waals surface area contributed by atoms with Gasteiger partial charge in [0.25, 0.3) is 5.91 Å². The maximum atomic E-state index is 12.9. The number of nitrogens with one attached hydrogen (secondary N) is 1. The van der Waals surface area contributed by atoms with Crippen molar-refractivity contribution in [2.45, 2.75) is 76.9 Å². The molecule has 3 aromatic rings. The van der Waals surface area contributed by atoms with Gasteiger partial charge in [0.1, 0.15) is 6.61 Å². The topological polar surface area (TPSA) is 122 Å². The van der Waals surface area contributed by atoms with Gasteiger partial charge in [0, 0.05) is 13.2 Å². The van der Waals surface area contributed by atoms with Crippen LogP contribution in [0.1, 0.15) is 62.1 Å². The van der Waals surface area contributed by atoms with Crippen molar-refractivity contribution in [2.75, 3.05) is 19.8 Å². The molecule has 0 radical (unpaired) electrons. The van der Waals surface area contributed by atoms with Crippen LogP contribution < -0.4 is 5.32 Å². The molecule has 1 amide bonds. The lowest BCUT2D eigenvalue weighted by Gasteiger charge is -2.23. The molecule has 0 aliphatic rings. The molecule has 3 rings (SSSR count). The molecule has 0 aliphatic carbocycles. The molecule has 0 aliphatic heterocycles. The predicted octanol–water partition coefficient (Wildman–Crippen LogP) is 5.58. The summed E-state index contributed by atoms with van der Waals surface area (Å²) in [5, 5.41) is 23.8. The highest BCUT2D eigenvalue weighted by Gasteiger charge is 2.36. The lowest BCUT2D eigenvalue weighted by Crippen LogP contribution is -2.49. The number of carboxylic acids is 2. The van der Waals surface area contributed by atoms with Crippen molar-refractivity contribution in [1.82, 2.24) is 5.32 Å². The van der Waals surface area contributed by atoms with Crippen molar-refractivity contribution in [2.24, 2.45) is 0 Å². The van der Waals surface area contributed by atoms with Crippen LogP contribution in [0.5, 0.6) is 0 Å². The van der Waals surface area contributed by atoms with E-state index in [1.807, 2.05) is 12.1 Å². The molecule has 0 bridgehead atoms. The number of carbonyl (C=O) groups is 3. The first kappa shape index (κ1) is 32.8. The van der Waals surface area contributed by atoms with Gasteiger partial charge in [-0.1, -0.05) is 86.5 Å². The molecule has 2 atom stereocenters. The predicted molar refractivity (Wildman–Crippen MR) is 163 cm³/mol. The van der Waals surface area contributed by atoms with Crippen LogP contribution in [0.3, 0.4) is 0 Å². The lowest BCUT2D eigenvalue weighted by molar-refractivity contribution is -0.172. The van der Waals surface area contributed by atoms with Crippen LogP contribution in [-0.4, -0.2) is 60.0 Å². The van der Waals surface area contributed by atoms with Gasteiger partial charge in [0.15, 0.2) is 12.2 Å². The van der Waals surface area contributed by atoms with Gasteiger partial charge in [-0.3, -0.25) is 4.79 Å². The first-order valence-electron chi connectivity index (χ1n) is 14.9. The second kappa shape index (κ2) is 17.9. The summed E-state index contributed by atoms with van der Waals surface area (Å²) in [5.41, 5.74) is 3.83. The quantitative estimate of drug-likeness (QED) is 0.150. The Morgan fingerprint density at radius 1 is 0.714 bits per heavy atom. The van der Waals surface area contributed by atoms with Crippen molar-refractivity contribution >= 4 is 28.6 Å². The molecule has 0 spiro atoms. The molecule has 42 heavy (non-hydrogen) atoms. The Bertz CT molecular complexity index is 1270. The molecule has 3 N–H and O–H groups in total. The molecule has 0 saturated heterocycles. The molecule has 0 saturated carbocycles. The van der Waals surface area contributed by atoms with Gasteiger partial charge in [0.05, 0.1) is 0 Å². The fourth-order valence-corrected chi connectivity index (χ4v) is 4.85. The highest BCUT2D eigenvalue weighted by molar-refractivity contribution is 5.88. The number of benzene rings is 3. The van der Waals surface area contributed by atoms with E-state index in [0.717, 1.165) is 51.4 Å². The highest BCUT2D eigenvalue weighted by atomic mass is 16.6. The third kappa shape index (κ3) is 11.3. The monoisotopic (exact) mass is 577 g/mol. The maximum Gasteiger partial charge on any atom is 0.336 e. The number of hydrogen-bond acceptors (Lipinski definition) is 5. The number of ether oxygens (including phenoxy) is 2. The van der Waals surface area contributed by atoms with E-state index in [1.165, 1.54) is 27.5 Å². The summed E-state index contributed by atoms with van der Waals surface area (Å²) in [7, 11) is 0. The van der Waals surface area contributed by atoms with E-state index >= 15 is 0 Å². The molecule has 8 heteroatoms. The second-order valence-corrected chi connectivity index (χ2v) is 10.5.